The van der Waals surface area contributed by atoms with Gasteiger partial charge in [-0.2, -0.15) is 5.10 Å². The highest BCUT2D eigenvalue weighted by molar-refractivity contribution is 6.30. The molecule has 0 unspecified atom stereocenters. The third kappa shape index (κ3) is 3.25. The van der Waals surface area contributed by atoms with Gasteiger partial charge in [-0.25, -0.2) is 9.67 Å². The van der Waals surface area contributed by atoms with Gasteiger partial charge in [0, 0.05) is 18.1 Å². The van der Waals surface area contributed by atoms with Gasteiger partial charge in [-0.3, -0.25) is 4.79 Å². The molecule has 0 aliphatic carbocycles. The number of hydrogen-bond acceptors (Lipinski definition) is 4. The molecule has 0 saturated carbocycles. The van der Waals surface area contributed by atoms with Gasteiger partial charge >= 0.3 is 0 Å². The van der Waals surface area contributed by atoms with Crippen LogP contribution in [-0.2, 0) is 19.6 Å². The third-order valence-corrected chi connectivity index (χ3v) is 5.21. The highest BCUT2D eigenvalue weighted by atomic mass is 35.5. The number of fused-ring (bicyclic) bond motifs is 2. The second-order valence-corrected chi connectivity index (χ2v) is 7.39. The van der Waals surface area contributed by atoms with Crippen molar-refractivity contribution in [3.63, 3.8) is 0 Å². The van der Waals surface area contributed by atoms with Gasteiger partial charge < -0.3 is 10.6 Å². The quantitative estimate of drug-likeness (QED) is 0.652. The molecule has 1 amide bonds. The molecule has 0 radical (unpaired) electrons. The number of anilines is 1. The van der Waals surface area contributed by atoms with Crippen LogP contribution in [0.2, 0.25) is 5.02 Å². The monoisotopic (exact) mass is 383 g/mol. The Morgan fingerprint density at radius 3 is 2.93 bits per heavy atom. The first-order valence-corrected chi connectivity index (χ1v) is 9.64. The summed E-state index contributed by atoms with van der Waals surface area (Å²) in [5.74, 6) is -0.0874. The zero-order chi connectivity index (χ0) is 19.0. The van der Waals surface area contributed by atoms with E-state index in [1.165, 1.54) is 0 Å². The molecule has 4 rings (SSSR count). The molecule has 0 spiro atoms. The first-order chi connectivity index (χ1) is 13.1. The smallest absolute Gasteiger partial charge is 0.258 e. The Bertz CT molecular complexity index is 1010. The van der Waals surface area contributed by atoms with E-state index in [0.717, 1.165) is 48.1 Å². The summed E-state index contributed by atoms with van der Waals surface area (Å²) in [5, 5.41) is 5.84. The zero-order valence-electron chi connectivity index (χ0n) is 15.3. The average Bonchev–Trinajstić information content (AvgIpc) is 3.18. The van der Waals surface area contributed by atoms with E-state index in [2.05, 4.69) is 12.0 Å². The van der Waals surface area contributed by atoms with Crippen LogP contribution in [0.1, 0.15) is 47.8 Å². The van der Waals surface area contributed by atoms with Crippen LogP contribution in [-0.4, -0.2) is 25.6 Å². The number of nitrogen functional groups attached to an aromatic ring is 1. The van der Waals surface area contributed by atoms with Crippen molar-refractivity contribution in [1.29, 1.82) is 0 Å². The van der Waals surface area contributed by atoms with Crippen LogP contribution in [0.25, 0.3) is 11.0 Å². The number of carbonyl (C=O) groups is 1. The summed E-state index contributed by atoms with van der Waals surface area (Å²) >= 11 is 6.06. The Labute approximate surface area is 162 Å². The van der Waals surface area contributed by atoms with Gasteiger partial charge in [0.2, 0.25) is 0 Å². The topological polar surface area (TPSA) is 77.0 Å². The minimum atomic E-state index is -0.0874. The SMILES string of the molecule is CCCCCn1ncc2c(N)c3c(nc21)CN(Cc1cccc(Cl)c1)C3=O. The van der Waals surface area contributed by atoms with Crippen molar-refractivity contribution in [2.45, 2.75) is 45.8 Å². The predicted octanol–water partition coefficient (Wildman–Crippen LogP) is 4.01. The number of unbranched alkanes of at least 4 members (excludes halogenated alkanes) is 2. The maximum absolute atomic E-state index is 12.9. The van der Waals surface area contributed by atoms with Crippen molar-refractivity contribution < 1.29 is 4.79 Å². The molecular formula is C20H22ClN5O. The molecule has 27 heavy (non-hydrogen) atoms. The van der Waals surface area contributed by atoms with Crippen LogP contribution in [0.15, 0.2) is 30.5 Å². The molecule has 2 N–H and O–H groups in total. The van der Waals surface area contributed by atoms with Crippen molar-refractivity contribution in [2.24, 2.45) is 0 Å². The normalized spacial score (nSPS) is 13.6. The number of aryl methyl sites for hydroxylation is 1. The van der Waals surface area contributed by atoms with Crippen LogP contribution in [0.4, 0.5) is 5.69 Å². The Kier molecular flexibility index (Phi) is 4.74. The number of benzene rings is 1. The number of halogens is 1. The summed E-state index contributed by atoms with van der Waals surface area (Å²) in [6, 6.07) is 7.54. The zero-order valence-corrected chi connectivity index (χ0v) is 16.0. The summed E-state index contributed by atoms with van der Waals surface area (Å²) in [5.41, 5.74) is 9.81. The fraction of sp³-hybridized carbons (Fsp3) is 0.350. The van der Waals surface area contributed by atoms with E-state index < -0.39 is 0 Å². The lowest BCUT2D eigenvalue weighted by Crippen LogP contribution is -2.23. The highest BCUT2D eigenvalue weighted by Gasteiger charge is 2.32. The molecular weight excluding hydrogens is 362 g/mol. The summed E-state index contributed by atoms with van der Waals surface area (Å²) in [4.78, 5) is 19.4. The van der Waals surface area contributed by atoms with Crippen LogP contribution in [0, 0.1) is 0 Å². The van der Waals surface area contributed by atoms with E-state index >= 15 is 0 Å². The van der Waals surface area contributed by atoms with E-state index in [-0.39, 0.29) is 5.91 Å². The molecule has 1 aromatic carbocycles. The largest absolute Gasteiger partial charge is 0.397 e. The van der Waals surface area contributed by atoms with Crippen molar-refractivity contribution in [3.05, 3.63) is 52.3 Å². The fourth-order valence-corrected chi connectivity index (χ4v) is 3.80. The Hall–Kier alpha value is -2.60. The van der Waals surface area contributed by atoms with Gasteiger partial charge in [0.25, 0.3) is 5.91 Å². The number of aromatic nitrogens is 3. The number of nitrogens with zero attached hydrogens (tertiary/aromatic N) is 4. The molecule has 3 heterocycles. The van der Waals surface area contributed by atoms with E-state index in [1.54, 1.807) is 11.1 Å². The van der Waals surface area contributed by atoms with Crippen LogP contribution in [0.3, 0.4) is 0 Å². The Balaban J connectivity index is 1.64. The van der Waals surface area contributed by atoms with Gasteiger partial charge in [-0.1, -0.05) is 43.5 Å². The lowest BCUT2D eigenvalue weighted by Gasteiger charge is -2.15. The summed E-state index contributed by atoms with van der Waals surface area (Å²) in [6.45, 7) is 3.91. The van der Waals surface area contributed by atoms with Gasteiger partial charge in [-0.15, -0.1) is 0 Å². The molecule has 1 aliphatic rings. The van der Waals surface area contributed by atoms with Gasteiger partial charge in [0.1, 0.15) is 0 Å². The molecule has 0 atom stereocenters. The molecule has 7 heteroatoms. The van der Waals surface area contributed by atoms with E-state index in [9.17, 15) is 4.79 Å². The molecule has 3 aromatic rings. The van der Waals surface area contributed by atoms with Crippen molar-refractivity contribution in [3.8, 4) is 0 Å². The number of nitrogens with two attached hydrogens (primary N) is 1. The Morgan fingerprint density at radius 1 is 1.30 bits per heavy atom. The number of hydrogen-bond donors (Lipinski definition) is 1. The number of amides is 1. The number of rotatable bonds is 6. The average molecular weight is 384 g/mol. The number of carbonyl (C=O) groups excluding carboxylic acids is 1. The highest BCUT2D eigenvalue weighted by Crippen LogP contribution is 2.33. The molecule has 2 aromatic heterocycles. The second-order valence-electron chi connectivity index (χ2n) is 6.95. The molecule has 6 nitrogen and oxygen atoms in total. The summed E-state index contributed by atoms with van der Waals surface area (Å²) < 4.78 is 1.89. The van der Waals surface area contributed by atoms with Crippen LogP contribution >= 0.6 is 11.6 Å². The lowest BCUT2D eigenvalue weighted by atomic mass is 10.1. The predicted molar refractivity (Wildman–Crippen MR) is 106 cm³/mol. The van der Waals surface area contributed by atoms with Crippen LogP contribution < -0.4 is 5.73 Å². The standard InChI is InChI=1S/C20H22ClN5O/c1-2-3-4-8-26-19-15(10-23-26)18(22)17-16(24-19)12-25(20(17)27)11-13-6-5-7-14(21)9-13/h5-7,9-10H,2-4,8,11-12H2,1H3,(H2,22,24). The summed E-state index contributed by atoms with van der Waals surface area (Å²) in [6.07, 6.45) is 5.06. The molecule has 0 fully saturated rings. The van der Waals surface area contributed by atoms with Gasteiger partial charge in [-0.05, 0) is 24.1 Å². The molecule has 140 valence electrons. The van der Waals surface area contributed by atoms with Gasteiger partial charge in [0.05, 0.1) is 35.1 Å². The first-order valence-electron chi connectivity index (χ1n) is 9.26. The maximum atomic E-state index is 12.9. The maximum Gasteiger partial charge on any atom is 0.258 e. The Morgan fingerprint density at radius 2 is 2.15 bits per heavy atom. The van der Waals surface area contributed by atoms with Crippen molar-refractivity contribution in [2.75, 3.05) is 5.73 Å². The summed E-state index contributed by atoms with van der Waals surface area (Å²) in [7, 11) is 0. The second kappa shape index (κ2) is 7.19. The van der Waals surface area contributed by atoms with Crippen molar-refractivity contribution in [1.82, 2.24) is 19.7 Å². The van der Waals surface area contributed by atoms with E-state index in [4.69, 9.17) is 22.3 Å². The lowest BCUT2D eigenvalue weighted by molar-refractivity contribution is 0.0767. The number of pyridine rings is 1. The third-order valence-electron chi connectivity index (χ3n) is 4.98. The van der Waals surface area contributed by atoms with Crippen LogP contribution in [0.5, 0.6) is 0 Å². The van der Waals surface area contributed by atoms with Gasteiger partial charge in [0.15, 0.2) is 5.65 Å². The minimum absolute atomic E-state index is 0.0874. The molecule has 1 aliphatic heterocycles. The molecule has 0 bridgehead atoms. The van der Waals surface area contributed by atoms with E-state index in [0.29, 0.717) is 29.4 Å². The van der Waals surface area contributed by atoms with E-state index in [1.807, 2.05) is 28.9 Å². The molecule has 0 saturated heterocycles. The fourth-order valence-electron chi connectivity index (χ4n) is 3.58. The minimum Gasteiger partial charge on any atom is -0.397 e. The van der Waals surface area contributed by atoms with Crippen molar-refractivity contribution >= 4 is 34.2 Å². The first kappa shape index (κ1) is 17.8.